The van der Waals surface area contributed by atoms with Gasteiger partial charge in [-0.15, -0.1) is 0 Å². The highest BCUT2D eigenvalue weighted by Crippen LogP contribution is 2.35. The molecule has 2 heteroatoms. The number of rotatable bonds is 5. The molecule has 2 nitrogen and oxygen atoms in total. The molecule has 0 radical (unpaired) electrons. The Labute approximate surface area is 159 Å². The zero-order chi connectivity index (χ0) is 18.6. The van der Waals surface area contributed by atoms with Crippen LogP contribution < -0.4 is 0 Å². The minimum Gasteiger partial charge on any atom is -0.278 e. The van der Waals surface area contributed by atoms with Crippen LogP contribution >= 0.6 is 0 Å². The van der Waals surface area contributed by atoms with Crippen LogP contribution in [0.1, 0.15) is 35.6 Å². The molecule has 0 unspecified atom stereocenters. The number of H-pyrrole nitrogens is 1. The van der Waals surface area contributed by atoms with Gasteiger partial charge in [0.15, 0.2) is 0 Å². The molecule has 0 fully saturated rings. The van der Waals surface area contributed by atoms with E-state index >= 15 is 0 Å². The first kappa shape index (κ1) is 17.0. The van der Waals surface area contributed by atoms with Crippen molar-refractivity contribution in [1.82, 2.24) is 10.2 Å². The monoisotopic (exact) mass is 350 g/mol. The largest absolute Gasteiger partial charge is 0.278 e. The summed E-state index contributed by atoms with van der Waals surface area (Å²) in [6.45, 7) is 6.09. The number of allylic oxidation sites excluding steroid dienone is 1. The summed E-state index contributed by atoms with van der Waals surface area (Å²) in [5.74, 6) is 0. The Hall–Kier alpha value is -3.39. The van der Waals surface area contributed by atoms with E-state index in [9.17, 15) is 0 Å². The molecule has 0 spiro atoms. The standard InChI is InChI=1S/C25H22N2/c1-3-18-10-12-20(13-11-18)25(23(4-2)19-8-6-5-7-9-19)21-14-15-24-22(16-21)17-26-27-24/h3,5-17H,1,4H2,2H3,(H,26,27)/b25-23+. The Morgan fingerprint density at radius 2 is 1.67 bits per heavy atom. The molecule has 0 bridgehead atoms. The Morgan fingerprint density at radius 1 is 0.926 bits per heavy atom. The van der Waals surface area contributed by atoms with Crippen LogP contribution in [0.4, 0.5) is 0 Å². The lowest BCUT2D eigenvalue weighted by atomic mass is 9.87. The van der Waals surface area contributed by atoms with Crippen LogP contribution in [-0.2, 0) is 0 Å². The first-order valence-electron chi connectivity index (χ1n) is 9.25. The van der Waals surface area contributed by atoms with Crippen LogP contribution in [0.25, 0.3) is 28.1 Å². The Morgan fingerprint density at radius 3 is 2.37 bits per heavy atom. The van der Waals surface area contributed by atoms with Crippen molar-refractivity contribution in [2.75, 3.05) is 0 Å². The highest BCUT2D eigenvalue weighted by Gasteiger charge is 2.13. The van der Waals surface area contributed by atoms with Gasteiger partial charge in [-0.3, -0.25) is 5.10 Å². The molecule has 0 aliphatic rings. The fourth-order valence-electron chi connectivity index (χ4n) is 3.56. The summed E-state index contributed by atoms with van der Waals surface area (Å²) in [7, 11) is 0. The first-order valence-corrected chi connectivity index (χ1v) is 9.25. The molecule has 1 N–H and O–H groups in total. The number of nitrogens with zero attached hydrogens (tertiary/aromatic N) is 1. The molecular weight excluding hydrogens is 328 g/mol. The quantitative estimate of drug-likeness (QED) is 0.405. The summed E-state index contributed by atoms with van der Waals surface area (Å²) in [5.41, 5.74) is 8.46. The normalized spacial score (nSPS) is 12.0. The lowest BCUT2D eigenvalue weighted by molar-refractivity contribution is 1.12. The van der Waals surface area contributed by atoms with Gasteiger partial charge in [0.25, 0.3) is 0 Å². The van der Waals surface area contributed by atoms with Gasteiger partial charge in [0.05, 0.1) is 11.7 Å². The summed E-state index contributed by atoms with van der Waals surface area (Å²) in [6.07, 6.45) is 4.71. The number of nitrogens with one attached hydrogen (secondary N) is 1. The van der Waals surface area contributed by atoms with Crippen molar-refractivity contribution >= 4 is 28.1 Å². The Kier molecular flexibility index (Phi) is 4.71. The highest BCUT2D eigenvalue weighted by atomic mass is 15.1. The molecular formula is C25H22N2. The molecule has 27 heavy (non-hydrogen) atoms. The molecule has 0 saturated carbocycles. The van der Waals surface area contributed by atoms with Crippen LogP contribution in [-0.4, -0.2) is 10.2 Å². The molecule has 0 aliphatic heterocycles. The predicted molar refractivity (Wildman–Crippen MR) is 115 cm³/mol. The fourth-order valence-corrected chi connectivity index (χ4v) is 3.56. The van der Waals surface area contributed by atoms with E-state index in [1.54, 1.807) is 0 Å². The number of hydrogen-bond acceptors (Lipinski definition) is 1. The van der Waals surface area contributed by atoms with Crippen molar-refractivity contribution in [1.29, 1.82) is 0 Å². The van der Waals surface area contributed by atoms with Gasteiger partial charge in [0.1, 0.15) is 0 Å². The van der Waals surface area contributed by atoms with E-state index in [0.717, 1.165) is 22.9 Å². The van der Waals surface area contributed by atoms with Crippen LogP contribution in [0.2, 0.25) is 0 Å². The topological polar surface area (TPSA) is 28.7 Å². The molecule has 3 aromatic carbocycles. The van der Waals surface area contributed by atoms with Crippen LogP contribution in [0.5, 0.6) is 0 Å². The number of benzene rings is 3. The van der Waals surface area contributed by atoms with Gasteiger partial charge in [0, 0.05) is 5.39 Å². The van der Waals surface area contributed by atoms with E-state index in [1.165, 1.54) is 27.8 Å². The second kappa shape index (κ2) is 7.46. The van der Waals surface area contributed by atoms with Crippen molar-refractivity contribution in [3.8, 4) is 0 Å². The molecule has 0 atom stereocenters. The second-order valence-corrected chi connectivity index (χ2v) is 6.57. The van der Waals surface area contributed by atoms with Crippen LogP contribution in [0.15, 0.2) is 85.6 Å². The van der Waals surface area contributed by atoms with Crippen molar-refractivity contribution < 1.29 is 0 Å². The van der Waals surface area contributed by atoms with Gasteiger partial charge >= 0.3 is 0 Å². The maximum absolute atomic E-state index is 4.17. The van der Waals surface area contributed by atoms with E-state index < -0.39 is 0 Å². The highest BCUT2D eigenvalue weighted by molar-refractivity contribution is 6.00. The lowest BCUT2D eigenvalue weighted by Gasteiger charge is -2.16. The molecule has 1 heterocycles. The molecule has 4 rings (SSSR count). The van der Waals surface area contributed by atoms with Crippen molar-refractivity contribution in [3.05, 3.63) is 108 Å². The number of aromatic amines is 1. The van der Waals surface area contributed by atoms with E-state index in [-0.39, 0.29) is 0 Å². The molecule has 1 aromatic heterocycles. The van der Waals surface area contributed by atoms with Gasteiger partial charge in [-0.2, -0.15) is 5.10 Å². The number of aromatic nitrogens is 2. The average molecular weight is 350 g/mol. The van der Waals surface area contributed by atoms with Gasteiger partial charge in [-0.1, -0.05) is 80.2 Å². The third-order valence-corrected chi connectivity index (χ3v) is 4.94. The summed E-state index contributed by atoms with van der Waals surface area (Å²) < 4.78 is 0. The minimum atomic E-state index is 0.950. The van der Waals surface area contributed by atoms with Crippen molar-refractivity contribution in [3.63, 3.8) is 0 Å². The Bertz CT molecular complexity index is 1100. The predicted octanol–water partition coefficient (Wildman–Crippen LogP) is 6.58. The molecule has 132 valence electrons. The maximum Gasteiger partial charge on any atom is 0.0650 e. The molecule has 0 aliphatic carbocycles. The van der Waals surface area contributed by atoms with Crippen molar-refractivity contribution in [2.45, 2.75) is 13.3 Å². The zero-order valence-electron chi connectivity index (χ0n) is 15.4. The molecule has 0 saturated heterocycles. The first-order chi connectivity index (χ1) is 13.3. The summed E-state index contributed by atoms with van der Waals surface area (Å²) in [6, 6.07) is 25.7. The zero-order valence-corrected chi connectivity index (χ0v) is 15.4. The van der Waals surface area contributed by atoms with Crippen LogP contribution in [0, 0.1) is 0 Å². The maximum atomic E-state index is 4.17. The van der Waals surface area contributed by atoms with Gasteiger partial charge in [0.2, 0.25) is 0 Å². The van der Waals surface area contributed by atoms with E-state index in [4.69, 9.17) is 0 Å². The third-order valence-electron chi connectivity index (χ3n) is 4.94. The van der Waals surface area contributed by atoms with Gasteiger partial charge in [-0.05, 0) is 52.0 Å². The fraction of sp³-hybridized carbons (Fsp3) is 0.0800. The smallest absolute Gasteiger partial charge is 0.0650 e. The third kappa shape index (κ3) is 3.34. The van der Waals surface area contributed by atoms with Gasteiger partial charge in [-0.25, -0.2) is 0 Å². The Balaban J connectivity index is 1.98. The van der Waals surface area contributed by atoms with Crippen molar-refractivity contribution in [2.24, 2.45) is 0 Å². The minimum absolute atomic E-state index is 0.950. The van der Waals surface area contributed by atoms with E-state index in [2.05, 4.69) is 96.5 Å². The van der Waals surface area contributed by atoms with E-state index in [0.29, 0.717) is 0 Å². The second-order valence-electron chi connectivity index (χ2n) is 6.57. The van der Waals surface area contributed by atoms with Crippen LogP contribution in [0.3, 0.4) is 0 Å². The molecule has 0 amide bonds. The SMILES string of the molecule is C=Cc1ccc(/C(=C(/CC)c2ccccc2)c2ccc3[nH]ncc3c2)cc1. The van der Waals surface area contributed by atoms with Gasteiger partial charge < -0.3 is 0 Å². The molecule has 4 aromatic rings. The summed E-state index contributed by atoms with van der Waals surface area (Å²) in [4.78, 5) is 0. The average Bonchev–Trinajstić information content (AvgIpc) is 3.20. The summed E-state index contributed by atoms with van der Waals surface area (Å²) in [5, 5.41) is 8.33. The van der Waals surface area contributed by atoms with E-state index in [1.807, 2.05) is 12.3 Å². The number of hydrogen-bond donors (Lipinski definition) is 1. The number of fused-ring (bicyclic) bond motifs is 1. The summed E-state index contributed by atoms with van der Waals surface area (Å²) >= 11 is 0. The lowest BCUT2D eigenvalue weighted by Crippen LogP contribution is -1.95.